The third-order valence-electron chi connectivity index (χ3n) is 3.75. The molecular weight excluding hydrogens is 309 g/mol. The van der Waals surface area contributed by atoms with Crippen LogP contribution in [0.25, 0.3) is 0 Å². The number of alkyl halides is 3. The smallest absolute Gasteiger partial charge is 0.343 e. The lowest BCUT2D eigenvalue weighted by Gasteiger charge is -2.26. The fourth-order valence-electron chi connectivity index (χ4n) is 2.52. The van der Waals surface area contributed by atoms with Gasteiger partial charge in [-0.05, 0) is 37.5 Å². The number of hydrogen-bond donors (Lipinski definition) is 1. The Morgan fingerprint density at radius 2 is 1.78 bits per heavy atom. The van der Waals surface area contributed by atoms with E-state index in [1.165, 1.54) is 12.1 Å². The monoisotopic (exact) mass is 328 g/mol. The molecule has 1 aliphatic heterocycles. The Labute approximate surface area is 132 Å². The molecule has 0 bridgehead atoms. The van der Waals surface area contributed by atoms with Crippen LogP contribution in [0.4, 0.5) is 18.9 Å². The van der Waals surface area contributed by atoms with Crippen LogP contribution in [-0.2, 0) is 15.8 Å². The summed E-state index contributed by atoms with van der Waals surface area (Å²) >= 11 is 0. The molecule has 1 saturated heterocycles. The summed E-state index contributed by atoms with van der Waals surface area (Å²) in [5, 5.41) is 2.40. The lowest BCUT2D eigenvalue weighted by atomic mass is 10.1. The average molecular weight is 328 g/mol. The van der Waals surface area contributed by atoms with Crippen LogP contribution in [0.2, 0.25) is 0 Å². The van der Waals surface area contributed by atoms with E-state index in [1.807, 2.05) is 0 Å². The summed E-state index contributed by atoms with van der Waals surface area (Å²) in [6, 6.07) is 4.44. The molecule has 2 rings (SSSR count). The number of carbonyl (C=O) groups is 2. The summed E-state index contributed by atoms with van der Waals surface area (Å²) in [5.41, 5.74) is -0.741. The van der Waals surface area contributed by atoms with E-state index in [1.54, 1.807) is 4.90 Å². The van der Waals surface area contributed by atoms with Crippen molar-refractivity contribution >= 4 is 17.5 Å². The van der Waals surface area contributed by atoms with Crippen molar-refractivity contribution in [1.82, 2.24) is 4.90 Å². The van der Waals surface area contributed by atoms with E-state index in [-0.39, 0.29) is 24.4 Å². The highest BCUT2D eigenvalue weighted by Crippen LogP contribution is 2.30. The summed E-state index contributed by atoms with van der Waals surface area (Å²) in [6.45, 7) is 1.43. The van der Waals surface area contributed by atoms with Gasteiger partial charge in [-0.25, -0.2) is 0 Å². The third-order valence-corrected chi connectivity index (χ3v) is 3.75. The number of anilines is 1. The molecule has 1 aliphatic rings. The minimum absolute atomic E-state index is 0.0361. The van der Waals surface area contributed by atoms with Gasteiger partial charge in [-0.2, -0.15) is 13.2 Å². The first-order valence-corrected chi connectivity index (χ1v) is 7.61. The highest BCUT2D eigenvalue weighted by atomic mass is 19.4. The van der Waals surface area contributed by atoms with Crippen molar-refractivity contribution in [3.63, 3.8) is 0 Å². The predicted octanol–water partition coefficient (Wildman–Crippen LogP) is 3.44. The minimum Gasteiger partial charge on any atom is -0.343 e. The summed E-state index contributed by atoms with van der Waals surface area (Å²) in [7, 11) is 0. The van der Waals surface area contributed by atoms with Gasteiger partial charge >= 0.3 is 6.18 Å². The summed E-state index contributed by atoms with van der Waals surface area (Å²) in [6.07, 6.45) is -1.36. The van der Waals surface area contributed by atoms with E-state index in [4.69, 9.17) is 0 Å². The molecule has 2 amide bonds. The Bertz CT molecular complexity index is 567. The maximum atomic E-state index is 12.6. The Morgan fingerprint density at radius 3 is 2.43 bits per heavy atom. The first kappa shape index (κ1) is 17.3. The summed E-state index contributed by atoms with van der Waals surface area (Å²) in [5.74, 6) is -0.543. The van der Waals surface area contributed by atoms with Gasteiger partial charge in [0.05, 0.1) is 5.56 Å². The fraction of sp³-hybridized carbons (Fsp3) is 0.500. The average Bonchev–Trinajstić information content (AvgIpc) is 2.53. The third kappa shape index (κ3) is 5.26. The summed E-state index contributed by atoms with van der Waals surface area (Å²) in [4.78, 5) is 25.5. The Balaban J connectivity index is 1.84. The van der Waals surface area contributed by atoms with Crippen LogP contribution in [0.3, 0.4) is 0 Å². The molecule has 7 heteroatoms. The second kappa shape index (κ2) is 7.48. The van der Waals surface area contributed by atoms with Gasteiger partial charge in [-0.15, -0.1) is 0 Å². The highest BCUT2D eigenvalue weighted by molar-refractivity contribution is 5.93. The van der Waals surface area contributed by atoms with Crippen LogP contribution in [0.5, 0.6) is 0 Å². The van der Waals surface area contributed by atoms with E-state index in [9.17, 15) is 22.8 Å². The molecular formula is C16H19F3N2O2. The van der Waals surface area contributed by atoms with Gasteiger partial charge in [0.2, 0.25) is 11.8 Å². The van der Waals surface area contributed by atoms with E-state index in [0.29, 0.717) is 13.1 Å². The Kier molecular flexibility index (Phi) is 5.63. The van der Waals surface area contributed by atoms with Crippen LogP contribution in [0.15, 0.2) is 24.3 Å². The van der Waals surface area contributed by atoms with Gasteiger partial charge in [0.25, 0.3) is 0 Å². The maximum Gasteiger partial charge on any atom is 0.416 e. The van der Waals surface area contributed by atoms with Crippen LogP contribution >= 0.6 is 0 Å². The molecule has 1 aromatic carbocycles. The van der Waals surface area contributed by atoms with Crippen molar-refractivity contribution in [2.45, 2.75) is 38.3 Å². The largest absolute Gasteiger partial charge is 0.416 e. The molecule has 0 unspecified atom stereocenters. The number of rotatable bonds is 4. The molecule has 1 aromatic rings. The van der Waals surface area contributed by atoms with Gasteiger partial charge in [-0.1, -0.05) is 6.07 Å². The van der Waals surface area contributed by atoms with Crippen LogP contribution in [-0.4, -0.2) is 29.8 Å². The van der Waals surface area contributed by atoms with Gasteiger partial charge in [-0.3, -0.25) is 9.59 Å². The molecule has 23 heavy (non-hydrogen) atoms. The number of nitrogens with zero attached hydrogens (tertiary/aromatic N) is 1. The fourth-order valence-corrected chi connectivity index (χ4v) is 2.52. The number of amides is 2. The molecule has 1 fully saturated rings. The lowest BCUT2D eigenvalue weighted by molar-refractivity contribution is -0.137. The van der Waals surface area contributed by atoms with Gasteiger partial charge in [0, 0.05) is 31.6 Å². The molecule has 4 nitrogen and oxygen atoms in total. The number of carbonyl (C=O) groups excluding carboxylic acids is 2. The zero-order chi connectivity index (χ0) is 16.9. The zero-order valence-electron chi connectivity index (χ0n) is 12.7. The second-order valence-electron chi connectivity index (χ2n) is 5.57. The number of halogens is 3. The van der Waals surface area contributed by atoms with Crippen molar-refractivity contribution < 1.29 is 22.8 Å². The van der Waals surface area contributed by atoms with E-state index in [2.05, 4.69) is 5.32 Å². The molecule has 0 spiro atoms. The van der Waals surface area contributed by atoms with Crippen molar-refractivity contribution in [3.05, 3.63) is 29.8 Å². The quantitative estimate of drug-likeness (QED) is 0.920. The zero-order valence-corrected chi connectivity index (χ0v) is 12.7. The minimum atomic E-state index is -4.45. The van der Waals surface area contributed by atoms with Crippen LogP contribution < -0.4 is 5.32 Å². The first-order chi connectivity index (χ1) is 10.9. The van der Waals surface area contributed by atoms with Crippen molar-refractivity contribution in [2.24, 2.45) is 0 Å². The molecule has 1 N–H and O–H groups in total. The maximum absolute atomic E-state index is 12.6. The molecule has 1 heterocycles. The van der Waals surface area contributed by atoms with Crippen molar-refractivity contribution in [3.8, 4) is 0 Å². The van der Waals surface area contributed by atoms with Gasteiger partial charge in [0.15, 0.2) is 0 Å². The number of piperidine rings is 1. The molecule has 0 aromatic heterocycles. The van der Waals surface area contributed by atoms with E-state index < -0.39 is 17.6 Å². The number of likely N-dealkylation sites (tertiary alicyclic amines) is 1. The van der Waals surface area contributed by atoms with Gasteiger partial charge < -0.3 is 10.2 Å². The normalized spacial score (nSPS) is 15.3. The van der Waals surface area contributed by atoms with Crippen LogP contribution in [0.1, 0.15) is 37.7 Å². The lowest BCUT2D eigenvalue weighted by Crippen LogP contribution is -2.35. The second-order valence-corrected chi connectivity index (χ2v) is 5.57. The molecule has 0 saturated carbocycles. The van der Waals surface area contributed by atoms with E-state index >= 15 is 0 Å². The first-order valence-electron chi connectivity index (χ1n) is 7.61. The molecule has 0 aliphatic carbocycles. The topological polar surface area (TPSA) is 49.4 Å². The standard InChI is InChI=1S/C16H19F3N2O2/c17-16(18,19)12-5-4-6-13(11-12)20-14(22)7-8-15(23)21-9-2-1-3-10-21/h4-6,11H,1-3,7-10H2,(H,20,22). The molecule has 126 valence electrons. The predicted molar refractivity (Wildman–Crippen MR) is 79.7 cm³/mol. The summed E-state index contributed by atoms with van der Waals surface area (Å²) < 4.78 is 37.8. The Hall–Kier alpha value is -2.05. The van der Waals surface area contributed by atoms with Gasteiger partial charge in [0.1, 0.15) is 0 Å². The van der Waals surface area contributed by atoms with Crippen LogP contribution in [0, 0.1) is 0 Å². The van der Waals surface area contributed by atoms with Crippen molar-refractivity contribution in [1.29, 1.82) is 0 Å². The molecule has 0 atom stereocenters. The van der Waals surface area contributed by atoms with E-state index in [0.717, 1.165) is 31.4 Å². The molecule has 0 radical (unpaired) electrons. The Morgan fingerprint density at radius 1 is 1.09 bits per heavy atom. The number of hydrogen-bond acceptors (Lipinski definition) is 2. The number of benzene rings is 1. The van der Waals surface area contributed by atoms with Crippen molar-refractivity contribution in [2.75, 3.05) is 18.4 Å². The number of nitrogens with one attached hydrogen (secondary N) is 1. The SMILES string of the molecule is O=C(CCC(=O)N1CCCCC1)Nc1cccc(C(F)(F)F)c1. The highest BCUT2D eigenvalue weighted by Gasteiger charge is 2.30.